The smallest absolute Gasteiger partial charge is 0.236 e. The number of aliphatic hydroxyl groups excluding tert-OH is 1. The predicted octanol–water partition coefficient (Wildman–Crippen LogP) is -1.12. The molecule has 2 atom stereocenters. The van der Waals surface area contributed by atoms with Gasteiger partial charge in [0.2, 0.25) is 5.91 Å². The molecule has 0 spiro atoms. The number of likely N-dealkylation sites (N-methyl/N-ethyl adjacent to an activating group) is 1. The summed E-state index contributed by atoms with van der Waals surface area (Å²) >= 11 is 0. The summed E-state index contributed by atoms with van der Waals surface area (Å²) < 4.78 is 0. The average molecular weight is 181 g/mol. The van der Waals surface area contributed by atoms with Crippen LogP contribution in [-0.4, -0.2) is 36.8 Å². The van der Waals surface area contributed by atoms with Crippen molar-refractivity contribution in [2.24, 2.45) is 0 Å². The molecule has 0 bridgehead atoms. The highest BCUT2D eigenvalue weighted by molar-refractivity contribution is 5.85. The first-order valence-corrected chi connectivity index (χ1v) is 3.37. The summed E-state index contributed by atoms with van der Waals surface area (Å²) in [5.41, 5.74) is 0. The summed E-state index contributed by atoms with van der Waals surface area (Å²) in [4.78, 5) is 10.9. The van der Waals surface area contributed by atoms with Crippen LogP contribution in [0.4, 0.5) is 0 Å². The number of aliphatic hydroxyl groups is 1. The van der Waals surface area contributed by atoms with Crippen LogP contribution in [-0.2, 0) is 4.79 Å². The van der Waals surface area contributed by atoms with E-state index in [9.17, 15) is 4.79 Å². The van der Waals surface area contributed by atoms with Gasteiger partial charge in [-0.2, -0.15) is 0 Å². The SMILES string of the molecule is CNC(=O)C1CC(O)CN1.Cl. The maximum Gasteiger partial charge on any atom is 0.236 e. The number of β-amino-alcohol motifs (C(OH)–C–C–N with tert-alkyl or cyclic N) is 1. The van der Waals surface area contributed by atoms with Crippen LogP contribution in [0.25, 0.3) is 0 Å². The molecule has 0 aromatic carbocycles. The van der Waals surface area contributed by atoms with E-state index in [1.165, 1.54) is 0 Å². The van der Waals surface area contributed by atoms with Gasteiger partial charge in [0.1, 0.15) is 0 Å². The monoisotopic (exact) mass is 180 g/mol. The number of hydrogen-bond acceptors (Lipinski definition) is 3. The highest BCUT2D eigenvalue weighted by Gasteiger charge is 2.26. The third-order valence-electron chi connectivity index (χ3n) is 1.67. The average Bonchev–Trinajstić information content (AvgIpc) is 2.34. The van der Waals surface area contributed by atoms with Gasteiger partial charge < -0.3 is 15.7 Å². The minimum atomic E-state index is -0.359. The van der Waals surface area contributed by atoms with E-state index in [0.29, 0.717) is 13.0 Å². The van der Waals surface area contributed by atoms with Gasteiger partial charge in [-0.05, 0) is 6.42 Å². The summed E-state index contributed by atoms with van der Waals surface area (Å²) in [6.07, 6.45) is 0.168. The Morgan fingerprint density at radius 2 is 2.36 bits per heavy atom. The van der Waals surface area contributed by atoms with Crippen molar-refractivity contribution < 1.29 is 9.90 Å². The van der Waals surface area contributed by atoms with E-state index in [4.69, 9.17) is 5.11 Å². The van der Waals surface area contributed by atoms with Crippen molar-refractivity contribution in [2.75, 3.05) is 13.6 Å². The zero-order valence-corrected chi connectivity index (χ0v) is 7.15. The van der Waals surface area contributed by atoms with E-state index >= 15 is 0 Å². The van der Waals surface area contributed by atoms with Gasteiger partial charge in [-0.3, -0.25) is 4.79 Å². The second-order valence-corrected chi connectivity index (χ2v) is 2.46. The Hall–Kier alpha value is -0.320. The highest BCUT2D eigenvalue weighted by atomic mass is 35.5. The van der Waals surface area contributed by atoms with Crippen LogP contribution >= 0.6 is 12.4 Å². The van der Waals surface area contributed by atoms with Crippen molar-refractivity contribution >= 4 is 18.3 Å². The molecule has 1 saturated heterocycles. The Labute approximate surface area is 71.8 Å². The topological polar surface area (TPSA) is 61.4 Å². The maximum absolute atomic E-state index is 10.9. The van der Waals surface area contributed by atoms with E-state index in [1.807, 2.05) is 0 Å². The molecular formula is C6H13ClN2O2. The Morgan fingerprint density at radius 3 is 2.73 bits per heavy atom. The summed E-state index contributed by atoms with van der Waals surface area (Å²) in [5, 5.41) is 14.4. The number of rotatable bonds is 1. The zero-order valence-electron chi connectivity index (χ0n) is 6.33. The van der Waals surface area contributed by atoms with Crippen molar-refractivity contribution in [1.82, 2.24) is 10.6 Å². The fraction of sp³-hybridized carbons (Fsp3) is 0.833. The van der Waals surface area contributed by atoms with Crippen LogP contribution in [0.5, 0.6) is 0 Å². The molecule has 0 aromatic heterocycles. The van der Waals surface area contributed by atoms with Crippen molar-refractivity contribution in [3.63, 3.8) is 0 Å². The van der Waals surface area contributed by atoms with Crippen LogP contribution in [0.2, 0.25) is 0 Å². The van der Waals surface area contributed by atoms with Crippen LogP contribution in [0.3, 0.4) is 0 Å². The summed E-state index contributed by atoms with van der Waals surface area (Å²) in [7, 11) is 1.59. The van der Waals surface area contributed by atoms with Crippen molar-refractivity contribution in [3.05, 3.63) is 0 Å². The Morgan fingerprint density at radius 1 is 1.73 bits per heavy atom. The maximum atomic E-state index is 10.9. The third kappa shape index (κ3) is 2.65. The first-order chi connectivity index (χ1) is 4.74. The van der Waals surface area contributed by atoms with Crippen molar-refractivity contribution in [1.29, 1.82) is 0 Å². The molecule has 0 aromatic rings. The number of carbonyl (C=O) groups is 1. The molecule has 0 radical (unpaired) electrons. The summed E-state index contributed by atoms with van der Waals surface area (Å²) in [6.45, 7) is 0.526. The van der Waals surface area contributed by atoms with Crippen LogP contribution in [0.1, 0.15) is 6.42 Å². The molecule has 11 heavy (non-hydrogen) atoms. The Kier molecular flexibility index (Phi) is 4.40. The van der Waals surface area contributed by atoms with Crippen molar-refractivity contribution in [3.8, 4) is 0 Å². The molecule has 1 amide bonds. The first kappa shape index (κ1) is 10.7. The van der Waals surface area contributed by atoms with Gasteiger partial charge in [0.15, 0.2) is 0 Å². The standard InChI is InChI=1S/C6H12N2O2.ClH/c1-7-6(10)5-2-4(9)3-8-5;/h4-5,8-9H,2-3H2,1H3,(H,7,10);1H. The van der Waals surface area contributed by atoms with Gasteiger partial charge >= 0.3 is 0 Å². The minimum absolute atomic E-state index is 0. The van der Waals surface area contributed by atoms with E-state index in [1.54, 1.807) is 7.05 Å². The fourth-order valence-corrected chi connectivity index (χ4v) is 1.09. The van der Waals surface area contributed by atoms with Crippen LogP contribution < -0.4 is 10.6 Å². The van der Waals surface area contributed by atoms with Gasteiger partial charge in [-0.1, -0.05) is 0 Å². The normalized spacial score (nSPS) is 29.3. The number of halogens is 1. The summed E-state index contributed by atoms with van der Waals surface area (Å²) in [6, 6.07) is -0.194. The third-order valence-corrected chi connectivity index (χ3v) is 1.67. The largest absolute Gasteiger partial charge is 0.392 e. The van der Waals surface area contributed by atoms with E-state index in [0.717, 1.165) is 0 Å². The van der Waals surface area contributed by atoms with Gasteiger partial charge in [-0.15, -0.1) is 12.4 Å². The molecule has 4 nitrogen and oxygen atoms in total. The molecule has 1 fully saturated rings. The van der Waals surface area contributed by atoms with Crippen LogP contribution in [0, 0.1) is 0 Å². The Balaban J connectivity index is 0.000001000. The minimum Gasteiger partial charge on any atom is -0.392 e. The van der Waals surface area contributed by atoms with Gasteiger partial charge in [0.05, 0.1) is 12.1 Å². The first-order valence-electron chi connectivity index (χ1n) is 3.37. The highest BCUT2D eigenvalue weighted by Crippen LogP contribution is 2.05. The number of hydrogen-bond donors (Lipinski definition) is 3. The lowest BCUT2D eigenvalue weighted by Crippen LogP contribution is -2.38. The molecule has 66 valence electrons. The lowest BCUT2D eigenvalue weighted by Gasteiger charge is -2.06. The number of carbonyl (C=O) groups excluding carboxylic acids is 1. The van der Waals surface area contributed by atoms with E-state index < -0.39 is 0 Å². The second-order valence-electron chi connectivity index (χ2n) is 2.46. The Bertz CT molecular complexity index is 143. The molecule has 5 heteroatoms. The molecule has 0 aliphatic carbocycles. The van der Waals surface area contributed by atoms with Crippen molar-refractivity contribution in [2.45, 2.75) is 18.6 Å². The molecule has 1 rings (SSSR count). The molecule has 3 N–H and O–H groups in total. The van der Waals surface area contributed by atoms with Gasteiger partial charge in [0.25, 0.3) is 0 Å². The lowest BCUT2D eigenvalue weighted by molar-refractivity contribution is -0.122. The van der Waals surface area contributed by atoms with Gasteiger partial charge in [-0.25, -0.2) is 0 Å². The molecule has 1 aliphatic rings. The molecule has 2 unspecified atom stereocenters. The quantitative estimate of drug-likeness (QED) is 0.479. The summed E-state index contributed by atoms with van der Waals surface area (Å²) in [5.74, 6) is -0.0449. The number of nitrogens with one attached hydrogen (secondary N) is 2. The van der Waals surface area contributed by atoms with Crippen LogP contribution in [0.15, 0.2) is 0 Å². The molecule has 1 heterocycles. The lowest BCUT2D eigenvalue weighted by atomic mass is 10.2. The predicted molar refractivity (Wildman–Crippen MR) is 43.7 cm³/mol. The molecule has 0 saturated carbocycles. The van der Waals surface area contributed by atoms with Gasteiger partial charge in [0, 0.05) is 13.6 Å². The fourth-order valence-electron chi connectivity index (χ4n) is 1.09. The van der Waals surface area contributed by atoms with E-state index in [-0.39, 0.29) is 30.5 Å². The molecule has 1 aliphatic heterocycles. The van der Waals surface area contributed by atoms with E-state index in [2.05, 4.69) is 10.6 Å². The second kappa shape index (κ2) is 4.54. The molecular weight excluding hydrogens is 168 g/mol. The zero-order chi connectivity index (χ0) is 7.56. The number of amides is 1.